The molecule has 0 radical (unpaired) electrons. The molecule has 10 heteroatoms. The molecule has 0 atom stereocenters. The molecule has 0 fully saturated rings. The molecule has 0 aromatic carbocycles. The minimum Gasteiger partial charge on any atom is -0.497 e. The zero-order chi connectivity index (χ0) is 22.2. The Bertz CT molecular complexity index is 1410. The molecule has 0 amide bonds. The van der Waals surface area contributed by atoms with E-state index >= 15 is 0 Å². The van der Waals surface area contributed by atoms with Gasteiger partial charge in [0.15, 0.2) is 11.6 Å². The first kappa shape index (κ1) is 19.7. The fourth-order valence-corrected chi connectivity index (χ4v) is 3.66. The highest BCUT2D eigenvalue weighted by molar-refractivity contribution is 5.84. The highest BCUT2D eigenvalue weighted by Crippen LogP contribution is 2.32. The molecule has 0 saturated carbocycles. The topological polar surface area (TPSA) is 100.0 Å². The van der Waals surface area contributed by atoms with Gasteiger partial charge in [0, 0.05) is 56.2 Å². The number of hydrogen-bond acceptors (Lipinski definition) is 7. The first-order chi connectivity index (χ1) is 15.6. The van der Waals surface area contributed by atoms with Crippen molar-refractivity contribution in [3.8, 4) is 28.7 Å². The molecule has 5 aromatic heterocycles. The van der Waals surface area contributed by atoms with Crippen molar-refractivity contribution < 1.29 is 4.74 Å². The Balaban J connectivity index is 1.70. The highest BCUT2D eigenvalue weighted by Gasteiger charge is 2.20. The van der Waals surface area contributed by atoms with E-state index in [-0.39, 0.29) is 0 Å². The normalized spacial score (nSPS) is 11.2. The van der Waals surface area contributed by atoms with Crippen molar-refractivity contribution in [1.29, 1.82) is 0 Å². The third-order valence-electron chi connectivity index (χ3n) is 5.36. The van der Waals surface area contributed by atoms with Crippen LogP contribution in [-0.4, -0.2) is 46.0 Å². The van der Waals surface area contributed by atoms with Crippen molar-refractivity contribution >= 4 is 17.2 Å². The molecule has 1 N–H and O–H groups in total. The van der Waals surface area contributed by atoms with E-state index in [0.717, 1.165) is 28.9 Å². The Kier molecular flexibility index (Phi) is 4.81. The standard InChI is InChI=1S/C22H23N9O/c1-5-30-10-7-17(27-30)16-13-31-19(14(16)2)20(25-18-12-15(32-4)6-8-23-18)26-21(28-31)22-24-9-11-29(22)3/h6-13H,5H2,1-4H3,(H,23,25,26,28). The molecule has 162 valence electrons. The summed E-state index contributed by atoms with van der Waals surface area (Å²) in [6.45, 7) is 4.92. The first-order valence-corrected chi connectivity index (χ1v) is 10.3. The first-order valence-electron chi connectivity index (χ1n) is 10.3. The van der Waals surface area contributed by atoms with Crippen LogP contribution in [0.5, 0.6) is 5.75 Å². The van der Waals surface area contributed by atoms with Gasteiger partial charge < -0.3 is 14.6 Å². The summed E-state index contributed by atoms with van der Waals surface area (Å²) in [7, 11) is 3.54. The molecule has 5 heterocycles. The maximum absolute atomic E-state index is 5.34. The van der Waals surface area contributed by atoms with Gasteiger partial charge in [0.25, 0.3) is 0 Å². The summed E-state index contributed by atoms with van der Waals surface area (Å²) in [6.07, 6.45) is 9.23. The lowest BCUT2D eigenvalue weighted by Gasteiger charge is -2.10. The highest BCUT2D eigenvalue weighted by atomic mass is 16.5. The fraction of sp³-hybridized carbons (Fsp3) is 0.227. The second-order valence-electron chi connectivity index (χ2n) is 7.37. The van der Waals surface area contributed by atoms with E-state index in [1.807, 2.05) is 58.5 Å². The van der Waals surface area contributed by atoms with E-state index in [4.69, 9.17) is 14.8 Å². The zero-order valence-corrected chi connectivity index (χ0v) is 18.3. The number of hydrogen-bond donors (Lipinski definition) is 1. The number of aromatic nitrogens is 8. The molecule has 0 bridgehead atoms. The lowest BCUT2D eigenvalue weighted by Crippen LogP contribution is -2.06. The summed E-state index contributed by atoms with van der Waals surface area (Å²) >= 11 is 0. The van der Waals surface area contributed by atoms with Gasteiger partial charge >= 0.3 is 0 Å². The molecule has 0 unspecified atom stereocenters. The number of rotatable bonds is 6. The van der Waals surface area contributed by atoms with Crippen molar-refractivity contribution in [2.45, 2.75) is 20.4 Å². The lowest BCUT2D eigenvalue weighted by atomic mass is 10.1. The molecular weight excluding hydrogens is 406 g/mol. The summed E-state index contributed by atoms with van der Waals surface area (Å²) in [4.78, 5) is 13.6. The van der Waals surface area contributed by atoms with E-state index in [1.165, 1.54) is 0 Å². The van der Waals surface area contributed by atoms with Crippen LogP contribution in [-0.2, 0) is 13.6 Å². The smallest absolute Gasteiger partial charge is 0.218 e. The van der Waals surface area contributed by atoms with E-state index in [2.05, 4.69) is 27.3 Å². The number of nitrogens with one attached hydrogen (secondary N) is 1. The number of ether oxygens (including phenoxy) is 1. The molecule has 0 aliphatic rings. The van der Waals surface area contributed by atoms with Crippen LogP contribution in [0.15, 0.2) is 49.2 Å². The summed E-state index contributed by atoms with van der Waals surface area (Å²) in [5.74, 6) is 3.10. The Morgan fingerprint density at radius 2 is 1.97 bits per heavy atom. The number of pyridine rings is 1. The molecule has 0 spiro atoms. The third kappa shape index (κ3) is 3.35. The second kappa shape index (κ2) is 7.80. The van der Waals surface area contributed by atoms with Crippen molar-refractivity contribution in [3.63, 3.8) is 0 Å². The van der Waals surface area contributed by atoms with Crippen molar-refractivity contribution in [2.75, 3.05) is 12.4 Å². The molecule has 5 rings (SSSR count). The van der Waals surface area contributed by atoms with Crippen LogP contribution in [0.3, 0.4) is 0 Å². The van der Waals surface area contributed by atoms with E-state index in [9.17, 15) is 0 Å². The van der Waals surface area contributed by atoms with Crippen LogP contribution < -0.4 is 10.1 Å². The molecule has 5 aromatic rings. The van der Waals surface area contributed by atoms with Crippen LogP contribution in [0.25, 0.3) is 28.4 Å². The summed E-state index contributed by atoms with van der Waals surface area (Å²) in [6, 6.07) is 5.63. The van der Waals surface area contributed by atoms with Crippen molar-refractivity contribution in [3.05, 3.63) is 54.7 Å². The van der Waals surface area contributed by atoms with Crippen LogP contribution in [0.1, 0.15) is 12.5 Å². The lowest BCUT2D eigenvalue weighted by molar-refractivity contribution is 0.414. The largest absolute Gasteiger partial charge is 0.497 e. The van der Waals surface area contributed by atoms with Gasteiger partial charge in [-0.2, -0.15) is 5.10 Å². The predicted molar refractivity (Wildman–Crippen MR) is 121 cm³/mol. The quantitative estimate of drug-likeness (QED) is 0.441. The summed E-state index contributed by atoms with van der Waals surface area (Å²) < 4.78 is 11.0. The Labute approximate surface area is 184 Å². The molecule has 32 heavy (non-hydrogen) atoms. The van der Waals surface area contributed by atoms with Gasteiger partial charge in [-0.15, -0.1) is 5.10 Å². The Hall–Kier alpha value is -4.21. The van der Waals surface area contributed by atoms with Crippen LogP contribution in [0.4, 0.5) is 11.6 Å². The molecule has 0 aliphatic heterocycles. The minimum absolute atomic E-state index is 0.496. The molecule has 0 saturated heterocycles. The number of aryl methyl sites for hydroxylation is 3. The predicted octanol–water partition coefficient (Wildman–Crippen LogP) is 3.47. The van der Waals surface area contributed by atoms with Gasteiger partial charge in [0.05, 0.1) is 12.8 Å². The maximum atomic E-state index is 5.34. The average molecular weight is 429 g/mol. The second-order valence-corrected chi connectivity index (χ2v) is 7.37. The Morgan fingerprint density at radius 1 is 1.09 bits per heavy atom. The van der Waals surface area contributed by atoms with Crippen LogP contribution >= 0.6 is 0 Å². The maximum Gasteiger partial charge on any atom is 0.218 e. The Morgan fingerprint density at radius 3 is 2.69 bits per heavy atom. The number of methoxy groups -OCH3 is 1. The van der Waals surface area contributed by atoms with Crippen molar-refractivity contribution in [2.24, 2.45) is 7.05 Å². The van der Waals surface area contributed by atoms with Gasteiger partial charge in [-0.25, -0.2) is 19.5 Å². The zero-order valence-electron chi connectivity index (χ0n) is 18.3. The molecule has 0 aliphatic carbocycles. The SMILES string of the molecule is CCn1ccc(-c2cn3nc(-c4nccn4C)nc(Nc4cc(OC)ccn4)c3c2C)n1. The average Bonchev–Trinajstić information content (AvgIpc) is 3.52. The monoisotopic (exact) mass is 429 g/mol. The van der Waals surface area contributed by atoms with E-state index in [1.54, 1.807) is 25.6 Å². The van der Waals surface area contributed by atoms with Crippen LogP contribution in [0, 0.1) is 6.92 Å². The molecule has 10 nitrogen and oxygen atoms in total. The van der Waals surface area contributed by atoms with Gasteiger partial charge in [-0.1, -0.05) is 0 Å². The van der Waals surface area contributed by atoms with E-state index in [0.29, 0.717) is 29.0 Å². The number of fused-ring (bicyclic) bond motifs is 1. The van der Waals surface area contributed by atoms with Gasteiger partial charge in [-0.3, -0.25) is 4.68 Å². The number of anilines is 2. The van der Waals surface area contributed by atoms with Crippen molar-refractivity contribution in [1.82, 2.24) is 38.9 Å². The van der Waals surface area contributed by atoms with Gasteiger partial charge in [-0.05, 0) is 31.5 Å². The van der Waals surface area contributed by atoms with Gasteiger partial charge in [0.1, 0.15) is 17.1 Å². The minimum atomic E-state index is 0.496. The molecular formula is C22H23N9O. The number of imidazole rings is 1. The summed E-state index contributed by atoms with van der Waals surface area (Å²) in [5.41, 5.74) is 3.74. The number of nitrogens with zero attached hydrogens (tertiary/aromatic N) is 8. The van der Waals surface area contributed by atoms with Gasteiger partial charge in [0.2, 0.25) is 5.82 Å². The third-order valence-corrected chi connectivity index (χ3v) is 5.36. The van der Waals surface area contributed by atoms with E-state index < -0.39 is 0 Å². The fourth-order valence-electron chi connectivity index (χ4n) is 3.66. The van der Waals surface area contributed by atoms with Crippen LogP contribution in [0.2, 0.25) is 0 Å². The summed E-state index contributed by atoms with van der Waals surface area (Å²) in [5, 5.41) is 12.8.